The van der Waals surface area contributed by atoms with E-state index >= 15 is 0 Å². The average molecular weight is 307 g/mol. The second-order valence-electron chi connectivity index (χ2n) is 5.16. The van der Waals surface area contributed by atoms with E-state index in [2.05, 4.69) is 10.4 Å². The van der Waals surface area contributed by atoms with Crippen LogP contribution < -0.4 is 5.32 Å². The van der Waals surface area contributed by atoms with E-state index in [9.17, 15) is 9.90 Å². The predicted octanol–water partition coefficient (Wildman–Crippen LogP) is 2.12. The molecule has 1 atom stereocenters. The number of carbonyl (C=O) groups is 1. The molecule has 0 fully saturated rings. The van der Waals surface area contributed by atoms with Gasteiger partial charge < -0.3 is 10.4 Å². The Morgan fingerprint density at radius 2 is 2.19 bits per heavy atom. The largest absolute Gasteiger partial charge is 0.388 e. The van der Waals surface area contributed by atoms with Crippen molar-refractivity contribution in [1.82, 2.24) is 15.1 Å². The van der Waals surface area contributed by atoms with Crippen LogP contribution in [0.3, 0.4) is 0 Å². The van der Waals surface area contributed by atoms with Crippen molar-refractivity contribution in [3.05, 3.63) is 38.8 Å². The van der Waals surface area contributed by atoms with Crippen LogP contribution in [-0.2, 0) is 13.5 Å². The summed E-state index contributed by atoms with van der Waals surface area (Å²) in [5.41, 5.74) is 2.28. The molecule has 6 heteroatoms. The average Bonchev–Trinajstić information content (AvgIpc) is 2.96. The summed E-state index contributed by atoms with van der Waals surface area (Å²) < 4.78 is 1.72. The van der Waals surface area contributed by atoms with Gasteiger partial charge in [-0.05, 0) is 39.3 Å². The van der Waals surface area contributed by atoms with Crippen molar-refractivity contribution in [3.8, 4) is 0 Å². The second kappa shape index (κ2) is 6.41. The molecular formula is C15H21N3O2S. The number of hydrogen-bond donors (Lipinski definition) is 2. The van der Waals surface area contributed by atoms with Gasteiger partial charge in [0.05, 0.1) is 17.4 Å². The minimum absolute atomic E-state index is 0.0783. The van der Waals surface area contributed by atoms with Gasteiger partial charge in [0.15, 0.2) is 0 Å². The SMILES string of the molecule is Cc1nn(C)c(C)c1C(=O)NCCc1ccc([C@@H](C)O)s1. The summed E-state index contributed by atoms with van der Waals surface area (Å²) in [5, 5.41) is 16.7. The normalized spacial score (nSPS) is 12.4. The highest BCUT2D eigenvalue weighted by Gasteiger charge is 2.16. The van der Waals surface area contributed by atoms with Gasteiger partial charge in [-0.1, -0.05) is 0 Å². The molecule has 21 heavy (non-hydrogen) atoms. The Bertz CT molecular complexity index is 643. The first-order valence-electron chi connectivity index (χ1n) is 6.95. The van der Waals surface area contributed by atoms with Gasteiger partial charge in [-0.25, -0.2) is 0 Å². The monoisotopic (exact) mass is 307 g/mol. The lowest BCUT2D eigenvalue weighted by Crippen LogP contribution is -2.26. The van der Waals surface area contributed by atoms with E-state index in [0.717, 1.165) is 27.6 Å². The predicted molar refractivity (Wildman–Crippen MR) is 83.7 cm³/mol. The molecule has 0 unspecified atom stereocenters. The van der Waals surface area contributed by atoms with Crippen molar-refractivity contribution in [2.75, 3.05) is 6.54 Å². The fraction of sp³-hybridized carbons (Fsp3) is 0.467. The molecule has 0 saturated heterocycles. The number of nitrogens with zero attached hydrogens (tertiary/aromatic N) is 2. The molecule has 0 spiro atoms. The lowest BCUT2D eigenvalue weighted by atomic mass is 10.2. The number of nitrogens with one attached hydrogen (secondary N) is 1. The number of aryl methyl sites for hydroxylation is 2. The molecule has 2 aromatic heterocycles. The first-order valence-corrected chi connectivity index (χ1v) is 7.77. The number of aliphatic hydroxyl groups is 1. The van der Waals surface area contributed by atoms with Gasteiger partial charge in [0, 0.05) is 29.0 Å². The maximum Gasteiger partial charge on any atom is 0.255 e. The smallest absolute Gasteiger partial charge is 0.255 e. The maximum atomic E-state index is 12.2. The Morgan fingerprint density at radius 1 is 1.48 bits per heavy atom. The van der Waals surface area contributed by atoms with Crippen LogP contribution in [0.25, 0.3) is 0 Å². The Balaban J connectivity index is 1.92. The minimum Gasteiger partial charge on any atom is -0.388 e. The van der Waals surface area contributed by atoms with Gasteiger partial charge in [-0.2, -0.15) is 5.10 Å². The molecule has 2 aromatic rings. The minimum atomic E-state index is -0.431. The molecule has 114 valence electrons. The van der Waals surface area contributed by atoms with Crippen molar-refractivity contribution >= 4 is 17.2 Å². The zero-order chi connectivity index (χ0) is 15.6. The molecule has 0 aliphatic heterocycles. The zero-order valence-corrected chi connectivity index (χ0v) is 13.6. The molecule has 2 N–H and O–H groups in total. The quantitative estimate of drug-likeness (QED) is 0.889. The number of aliphatic hydroxyl groups excluding tert-OH is 1. The molecule has 0 aromatic carbocycles. The van der Waals surface area contributed by atoms with Crippen LogP contribution >= 0.6 is 11.3 Å². The van der Waals surface area contributed by atoms with Crippen LogP contribution in [0.5, 0.6) is 0 Å². The molecule has 1 amide bonds. The summed E-state index contributed by atoms with van der Waals surface area (Å²) in [6.45, 7) is 6.07. The summed E-state index contributed by atoms with van der Waals surface area (Å²) in [5.74, 6) is -0.0783. The Hall–Kier alpha value is -1.66. The highest BCUT2D eigenvalue weighted by molar-refractivity contribution is 7.12. The van der Waals surface area contributed by atoms with Crippen molar-refractivity contribution in [2.24, 2.45) is 7.05 Å². The number of thiophene rings is 1. The fourth-order valence-electron chi connectivity index (χ4n) is 2.24. The van der Waals surface area contributed by atoms with Gasteiger partial charge in [0.2, 0.25) is 0 Å². The summed E-state index contributed by atoms with van der Waals surface area (Å²) in [6, 6.07) is 3.93. The van der Waals surface area contributed by atoms with E-state index < -0.39 is 6.10 Å². The van der Waals surface area contributed by atoms with Crippen LogP contribution in [0.4, 0.5) is 0 Å². The summed E-state index contributed by atoms with van der Waals surface area (Å²) in [7, 11) is 1.84. The lowest BCUT2D eigenvalue weighted by molar-refractivity contribution is 0.0953. The van der Waals surface area contributed by atoms with Gasteiger partial charge in [0.1, 0.15) is 0 Å². The maximum absolute atomic E-state index is 12.2. The van der Waals surface area contributed by atoms with E-state index in [-0.39, 0.29) is 5.91 Å². The topological polar surface area (TPSA) is 67.2 Å². The molecule has 0 aliphatic rings. The molecule has 0 radical (unpaired) electrons. The third-order valence-electron chi connectivity index (χ3n) is 3.49. The molecule has 0 bridgehead atoms. The van der Waals surface area contributed by atoms with Crippen molar-refractivity contribution in [1.29, 1.82) is 0 Å². The van der Waals surface area contributed by atoms with E-state index in [1.54, 1.807) is 22.9 Å². The van der Waals surface area contributed by atoms with Crippen molar-refractivity contribution < 1.29 is 9.90 Å². The molecule has 0 aliphatic carbocycles. The van der Waals surface area contributed by atoms with Crippen molar-refractivity contribution in [2.45, 2.75) is 33.3 Å². The lowest BCUT2D eigenvalue weighted by Gasteiger charge is -2.05. The van der Waals surface area contributed by atoms with Crippen LogP contribution in [0.1, 0.15) is 44.5 Å². The Morgan fingerprint density at radius 3 is 2.71 bits per heavy atom. The van der Waals surface area contributed by atoms with Crippen LogP contribution in [-0.4, -0.2) is 27.3 Å². The molecular weight excluding hydrogens is 286 g/mol. The summed E-state index contributed by atoms with van der Waals surface area (Å²) >= 11 is 1.58. The third-order valence-corrected chi connectivity index (χ3v) is 4.80. The first kappa shape index (κ1) is 15.7. The Labute approximate surface area is 128 Å². The molecule has 5 nitrogen and oxygen atoms in total. The molecule has 0 saturated carbocycles. The number of carbonyl (C=O) groups excluding carboxylic acids is 1. The zero-order valence-electron chi connectivity index (χ0n) is 12.8. The molecule has 2 rings (SSSR count). The standard InChI is InChI=1S/C15H21N3O2S/c1-9-14(10(2)18(4)17-9)15(20)16-8-7-12-5-6-13(21-12)11(3)19/h5-6,11,19H,7-8H2,1-4H3,(H,16,20)/t11-/m1/s1. The van der Waals surface area contributed by atoms with Gasteiger partial charge in [-0.15, -0.1) is 11.3 Å². The van der Waals surface area contributed by atoms with Gasteiger partial charge in [0.25, 0.3) is 5.91 Å². The van der Waals surface area contributed by atoms with E-state index in [1.165, 1.54) is 0 Å². The third kappa shape index (κ3) is 3.51. The number of aromatic nitrogens is 2. The van der Waals surface area contributed by atoms with E-state index in [0.29, 0.717) is 12.1 Å². The van der Waals surface area contributed by atoms with Crippen LogP contribution in [0.15, 0.2) is 12.1 Å². The van der Waals surface area contributed by atoms with Crippen molar-refractivity contribution in [3.63, 3.8) is 0 Å². The summed E-state index contributed by atoms with van der Waals surface area (Å²) in [4.78, 5) is 14.3. The Kier molecular flexibility index (Phi) is 4.80. The van der Waals surface area contributed by atoms with Crippen LogP contribution in [0, 0.1) is 13.8 Å². The number of rotatable bonds is 5. The van der Waals surface area contributed by atoms with Gasteiger partial charge in [-0.3, -0.25) is 9.48 Å². The first-order chi connectivity index (χ1) is 9.90. The highest BCUT2D eigenvalue weighted by atomic mass is 32.1. The van der Waals surface area contributed by atoms with Crippen LogP contribution in [0.2, 0.25) is 0 Å². The van der Waals surface area contributed by atoms with Gasteiger partial charge >= 0.3 is 0 Å². The van der Waals surface area contributed by atoms with E-state index in [1.807, 2.05) is 33.0 Å². The van der Waals surface area contributed by atoms with E-state index in [4.69, 9.17) is 0 Å². The number of amides is 1. The molecule has 2 heterocycles. The second-order valence-corrected chi connectivity index (χ2v) is 6.36. The fourth-order valence-corrected chi connectivity index (χ4v) is 3.19. The highest BCUT2D eigenvalue weighted by Crippen LogP contribution is 2.23. The summed E-state index contributed by atoms with van der Waals surface area (Å²) in [6.07, 6.45) is 0.334. The number of hydrogen-bond acceptors (Lipinski definition) is 4.